The lowest BCUT2D eigenvalue weighted by atomic mass is 10.2. The Morgan fingerprint density at radius 2 is 1.68 bits per heavy atom. The van der Waals surface area contributed by atoms with Gasteiger partial charge < -0.3 is 14.5 Å². The van der Waals surface area contributed by atoms with E-state index < -0.39 is 13.2 Å². The molecule has 0 aliphatic heterocycles. The van der Waals surface area contributed by atoms with Gasteiger partial charge in [-0.3, -0.25) is 4.57 Å². The molecule has 0 radical (unpaired) electrons. The van der Waals surface area contributed by atoms with E-state index in [1.165, 1.54) is 0 Å². The molecule has 0 heterocycles. The van der Waals surface area contributed by atoms with Crippen LogP contribution in [0.1, 0.15) is 36.7 Å². The molecule has 5 heteroatoms. The van der Waals surface area contributed by atoms with Gasteiger partial charge in [0.25, 0.3) is 7.37 Å². The van der Waals surface area contributed by atoms with Crippen molar-refractivity contribution < 1.29 is 14.2 Å². The summed E-state index contributed by atoms with van der Waals surface area (Å²) in [5.41, 5.74) is 2.71. The van der Waals surface area contributed by atoms with Crippen molar-refractivity contribution >= 4 is 18.4 Å². The molecule has 0 spiro atoms. The molecule has 0 unspecified atom stereocenters. The van der Waals surface area contributed by atoms with Gasteiger partial charge in [0.2, 0.25) is 0 Å². The Morgan fingerprint density at radius 3 is 2.20 bits per heavy atom. The second-order valence-electron chi connectivity index (χ2n) is 6.48. The third kappa shape index (κ3) is 4.72. The van der Waals surface area contributed by atoms with E-state index in [-0.39, 0.29) is 0 Å². The second-order valence-corrected chi connectivity index (χ2v) is 8.94. The normalized spacial score (nSPS) is 14.8. The summed E-state index contributed by atoms with van der Waals surface area (Å²) in [4.78, 5) is 1.98. The van der Waals surface area contributed by atoms with Crippen molar-refractivity contribution in [2.75, 3.05) is 25.6 Å². The average molecular weight is 361 g/mol. The number of aliphatic hydroxyl groups excluding tert-OH is 1. The fraction of sp³-hybridized carbons (Fsp3) is 0.400. The van der Waals surface area contributed by atoms with Crippen LogP contribution < -0.4 is 10.2 Å². The van der Waals surface area contributed by atoms with Gasteiger partial charge >= 0.3 is 0 Å². The van der Waals surface area contributed by atoms with E-state index in [0.717, 1.165) is 24.1 Å². The molecule has 25 heavy (non-hydrogen) atoms. The van der Waals surface area contributed by atoms with Crippen molar-refractivity contribution in [2.45, 2.75) is 32.5 Å². The molecule has 2 aromatic rings. The Balaban J connectivity index is 2.38. The summed E-state index contributed by atoms with van der Waals surface area (Å²) in [7, 11) is 0.461. The summed E-state index contributed by atoms with van der Waals surface area (Å²) in [6.07, 6.45) is 1.75. The predicted octanol–water partition coefficient (Wildman–Crippen LogP) is 4.47. The third-order valence-electron chi connectivity index (χ3n) is 4.20. The highest BCUT2D eigenvalue weighted by atomic mass is 31.2. The van der Waals surface area contributed by atoms with E-state index in [4.69, 9.17) is 4.52 Å². The van der Waals surface area contributed by atoms with Gasteiger partial charge in [-0.05, 0) is 43.2 Å². The van der Waals surface area contributed by atoms with E-state index in [0.29, 0.717) is 17.5 Å². The summed E-state index contributed by atoms with van der Waals surface area (Å²) >= 11 is 0. The second kappa shape index (κ2) is 8.66. The Hall–Kier alpha value is -1.61. The molecule has 2 rings (SSSR count). The number of benzene rings is 2. The number of rotatable bonds is 8. The lowest BCUT2D eigenvalue weighted by molar-refractivity contribution is 0.213. The number of aliphatic hydroxyl groups is 1. The summed E-state index contributed by atoms with van der Waals surface area (Å²) in [5.74, 6) is -1.17. The number of unbranched alkanes of at least 4 members (excludes halogenated alkanes) is 1. The van der Waals surface area contributed by atoms with E-state index in [1.807, 2.05) is 62.3 Å². The minimum Gasteiger partial charge on any atom is -0.378 e. The van der Waals surface area contributed by atoms with Gasteiger partial charge in [0, 0.05) is 25.1 Å². The monoisotopic (exact) mass is 361 g/mol. The van der Waals surface area contributed by atoms with Gasteiger partial charge in [-0.15, -0.1) is 0 Å². The van der Waals surface area contributed by atoms with Crippen LogP contribution in [0.2, 0.25) is 0 Å². The Labute approximate surface area is 150 Å². The highest BCUT2D eigenvalue weighted by Crippen LogP contribution is 2.57. The maximum atomic E-state index is 13.7. The molecule has 2 atom stereocenters. The smallest absolute Gasteiger partial charge is 0.264 e. The van der Waals surface area contributed by atoms with Crippen LogP contribution >= 0.6 is 7.37 Å². The van der Waals surface area contributed by atoms with Crippen molar-refractivity contribution in [1.82, 2.24) is 0 Å². The largest absolute Gasteiger partial charge is 0.378 e. The van der Waals surface area contributed by atoms with Gasteiger partial charge in [-0.1, -0.05) is 43.2 Å². The number of aryl methyl sites for hydroxylation is 1. The van der Waals surface area contributed by atoms with Crippen LogP contribution in [-0.2, 0) is 9.09 Å². The van der Waals surface area contributed by atoms with E-state index in [9.17, 15) is 9.67 Å². The highest BCUT2D eigenvalue weighted by molar-refractivity contribution is 7.67. The zero-order chi connectivity index (χ0) is 18.4. The zero-order valence-electron chi connectivity index (χ0n) is 15.5. The zero-order valence-corrected chi connectivity index (χ0v) is 16.4. The molecule has 136 valence electrons. The molecule has 0 bridgehead atoms. The first-order valence-electron chi connectivity index (χ1n) is 8.65. The Morgan fingerprint density at radius 1 is 1.08 bits per heavy atom. The first kappa shape index (κ1) is 19.7. The number of hydrogen-bond donors (Lipinski definition) is 1. The van der Waals surface area contributed by atoms with E-state index in [2.05, 4.69) is 6.92 Å². The third-order valence-corrected chi connectivity index (χ3v) is 6.73. The Bertz CT molecular complexity index is 711. The number of nitrogens with zero attached hydrogens (tertiary/aromatic N) is 1. The minimum atomic E-state index is -3.44. The van der Waals surface area contributed by atoms with Crippen LogP contribution in [-0.4, -0.2) is 25.8 Å². The van der Waals surface area contributed by atoms with Crippen molar-refractivity contribution in [2.24, 2.45) is 0 Å². The van der Waals surface area contributed by atoms with Gasteiger partial charge in [0.05, 0.1) is 6.61 Å². The van der Waals surface area contributed by atoms with Crippen molar-refractivity contribution in [3.8, 4) is 0 Å². The van der Waals surface area contributed by atoms with Crippen LogP contribution in [0, 0.1) is 6.92 Å². The number of hydrogen-bond acceptors (Lipinski definition) is 4. The first-order chi connectivity index (χ1) is 11.9. The van der Waals surface area contributed by atoms with Crippen LogP contribution in [0.4, 0.5) is 5.69 Å². The molecule has 0 fully saturated rings. The van der Waals surface area contributed by atoms with Crippen LogP contribution in [0.25, 0.3) is 0 Å². The standard InChI is InChI=1S/C20H28NO3P/c1-5-6-15-24-25(23,19-13-11-18(12-14-19)21(3)4)20(22)17-9-7-16(2)8-10-17/h7-14,20,22H,5-6,15H2,1-4H3/t20-,25+/m0/s1. The fourth-order valence-corrected chi connectivity index (χ4v) is 4.63. The topological polar surface area (TPSA) is 49.8 Å². The van der Waals surface area contributed by atoms with Crippen molar-refractivity contribution in [1.29, 1.82) is 0 Å². The van der Waals surface area contributed by atoms with Crippen LogP contribution in [0.5, 0.6) is 0 Å². The lowest BCUT2D eigenvalue weighted by Gasteiger charge is -2.25. The number of anilines is 1. The molecule has 0 amide bonds. The SMILES string of the molecule is CCCCO[P@](=O)(c1ccc(N(C)C)cc1)[C@H](O)c1ccc(C)cc1. The first-order valence-corrected chi connectivity index (χ1v) is 10.3. The highest BCUT2D eigenvalue weighted by Gasteiger charge is 2.36. The quantitative estimate of drug-likeness (QED) is 0.557. The van der Waals surface area contributed by atoms with Crippen molar-refractivity contribution in [3.63, 3.8) is 0 Å². The molecule has 0 aliphatic carbocycles. The molecular weight excluding hydrogens is 333 g/mol. The van der Waals surface area contributed by atoms with E-state index in [1.54, 1.807) is 12.1 Å². The summed E-state index contributed by atoms with van der Waals surface area (Å²) < 4.78 is 19.5. The fourth-order valence-electron chi connectivity index (χ4n) is 2.52. The molecule has 0 aromatic heterocycles. The van der Waals surface area contributed by atoms with E-state index >= 15 is 0 Å². The summed E-state index contributed by atoms with van der Waals surface area (Å²) in [5, 5.41) is 11.4. The van der Waals surface area contributed by atoms with Gasteiger partial charge in [-0.25, -0.2) is 0 Å². The molecule has 0 aliphatic rings. The van der Waals surface area contributed by atoms with Crippen LogP contribution in [0.15, 0.2) is 48.5 Å². The maximum Gasteiger partial charge on any atom is 0.264 e. The molecule has 1 N–H and O–H groups in total. The van der Waals surface area contributed by atoms with Gasteiger partial charge in [0.1, 0.15) is 0 Å². The van der Waals surface area contributed by atoms with Crippen molar-refractivity contribution in [3.05, 3.63) is 59.7 Å². The van der Waals surface area contributed by atoms with Gasteiger partial charge in [-0.2, -0.15) is 0 Å². The molecule has 4 nitrogen and oxygen atoms in total. The average Bonchev–Trinajstić information content (AvgIpc) is 2.62. The molecule has 0 saturated carbocycles. The summed E-state index contributed by atoms with van der Waals surface area (Å²) in [6, 6.07) is 14.8. The van der Waals surface area contributed by atoms with Gasteiger partial charge in [0.15, 0.2) is 5.85 Å². The maximum absolute atomic E-state index is 13.7. The van der Waals surface area contributed by atoms with Crippen LogP contribution in [0.3, 0.4) is 0 Å². The molecular formula is C20H28NO3P. The Kier molecular flexibility index (Phi) is 6.83. The molecule has 0 saturated heterocycles. The predicted molar refractivity (Wildman–Crippen MR) is 105 cm³/mol. The minimum absolute atomic E-state index is 0.367. The summed E-state index contributed by atoms with van der Waals surface area (Å²) in [6.45, 7) is 4.40. The lowest BCUT2D eigenvalue weighted by Crippen LogP contribution is -2.16. The molecule has 2 aromatic carbocycles.